The zero-order valence-corrected chi connectivity index (χ0v) is 12.0. The number of carbonyl (C=O) groups excluding carboxylic acids is 1. The number of benzene rings is 1. The van der Waals surface area contributed by atoms with Crippen molar-refractivity contribution in [2.45, 2.75) is 43.2 Å². The highest BCUT2D eigenvalue weighted by molar-refractivity contribution is 7.90. The molecule has 1 saturated carbocycles. The zero-order chi connectivity index (χ0) is 14.8. The third-order valence-electron chi connectivity index (χ3n) is 3.35. The lowest BCUT2D eigenvalue weighted by Gasteiger charge is -2.16. The topological polar surface area (TPSA) is 95.5 Å². The summed E-state index contributed by atoms with van der Waals surface area (Å²) in [6.45, 7) is 1.85. The Balaban J connectivity index is 2.01. The van der Waals surface area contributed by atoms with E-state index in [1.54, 1.807) is 12.1 Å². The minimum atomic E-state index is -3.88. The van der Waals surface area contributed by atoms with Crippen LogP contribution in [0.1, 0.15) is 24.8 Å². The summed E-state index contributed by atoms with van der Waals surface area (Å²) < 4.78 is 25.9. The molecule has 1 aromatic rings. The second-order valence-corrected chi connectivity index (χ2v) is 6.68. The molecule has 1 aliphatic rings. The summed E-state index contributed by atoms with van der Waals surface area (Å²) in [4.78, 5) is 11.7. The van der Waals surface area contributed by atoms with Crippen LogP contribution in [0.4, 0.5) is 4.79 Å². The van der Waals surface area contributed by atoms with Gasteiger partial charge in [-0.2, -0.15) is 0 Å². The molecule has 0 aliphatic heterocycles. The quantitative estimate of drug-likeness (QED) is 0.772. The number of carbonyl (C=O) groups is 1. The minimum absolute atomic E-state index is 0.0326. The average molecular weight is 298 g/mol. The van der Waals surface area contributed by atoms with Crippen LogP contribution in [0.2, 0.25) is 0 Å². The lowest BCUT2D eigenvalue weighted by Crippen LogP contribution is -2.47. The van der Waals surface area contributed by atoms with Crippen molar-refractivity contribution in [1.29, 1.82) is 0 Å². The Morgan fingerprint density at radius 2 is 1.90 bits per heavy atom. The van der Waals surface area contributed by atoms with Crippen LogP contribution in [0.3, 0.4) is 0 Å². The van der Waals surface area contributed by atoms with Crippen molar-refractivity contribution < 1.29 is 18.3 Å². The van der Waals surface area contributed by atoms with E-state index in [9.17, 15) is 18.3 Å². The number of hydrogen-bond donors (Lipinski definition) is 3. The van der Waals surface area contributed by atoms with E-state index in [0.29, 0.717) is 12.8 Å². The van der Waals surface area contributed by atoms with Gasteiger partial charge in [-0.15, -0.1) is 0 Å². The maximum atomic E-state index is 12.0. The molecule has 2 rings (SSSR count). The van der Waals surface area contributed by atoms with Crippen molar-refractivity contribution in [1.82, 2.24) is 10.0 Å². The molecule has 110 valence electrons. The third kappa shape index (κ3) is 3.49. The number of aliphatic hydroxyl groups is 1. The van der Waals surface area contributed by atoms with Crippen molar-refractivity contribution >= 4 is 16.1 Å². The second-order valence-electron chi connectivity index (χ2n) is 5.00. The predicted molar refractivity (Wildman–Crippen MR) is 73.7 cm³/mol. The van der Waals surface area contributed by atoms with Crippen LogP contribution in [0, 0.1) is 6.92 Å². The first-order valence-corrected chi connectivity index (χ1v) is 7.95. The molecular formula is C13H18N2O4S. The van der Waals surface area contributed by atoms with Gasteiger partial charge in [-0.3, -0.25) is 0 Å². The monoisotopic (exact) mass is 298 g/mol. The van der Waals surface area contributed by atoms with E-state index < -0.39 is 22.2 Å². The zero-order valence-electron chi connectivity index (χ0n) is 11.2. The number of hydrogen-bond acceptors (Lipinski definition) is 4. The van der Waals surface area contributed by atoms with Gasteiger partial charge in [0.2, 0.25) is 0 Å². The predicted octanol–water partition coefficient (Wildman–Crippen LogP) is 0.896. The molecule has 2 unspecified atom stereocenters. The second kappa shape index (κ2) is 5.80. The fourth-order valence-corrected chi connectivity index (χ4v) is 3.12. The van der Waals surface area contributed by atoms with Gasteiger partial charge >= 0.3 is 6.03 Å². The summed E-state index contributed by atoms with van der Waals surface area (Å²) in [5, 5.41) is 12.1. The molecule has 2 amide bonds. The van der Waals surface area contributed by atoms with E-state index >= 15 is 0 Å². The Labute approximate surface area is 118 Å². The largest absolute Gasteiger partial charge is 0.391 e. The SMILES string of the molecule is Cc1ccc(S(=O)(=O)NC(=O)NC2CCCC2O)cc1. The molecule has 0 saturated heterocycles. The molecular weight excluding hydrogens is 280 g/mol. The summed E-state index contributed by atoms with van der Waals surface area (Å²) in [5.41, 5.74) is 0.933. The molecule has 6 nitrogen and oxygen atoms in total. The van der Waals surface area contributed by atoms with E-state index in [-0.39, 0.29) is 10.9 Å². The van der Waals surface area contributed by atoms with Crippen molar-refractivity contribution in [3.63, 3.8) is 0 Å². The molecule has 2 atom stereocenters. The smallest absolute Gasteiger partial charge is 0.329 e. The summed E-state index contributed by atoms with van der Waals surface area (Å²) in [6, 6.07) is 5.00. The molecule has 7 heteroatoms. The van der Waals surface area contributed by atoms with Crippen molar-refractivity contribution in [3.05, 3.63) is 29.8 Å². The van der Waals surface area contributed by atoms with E-state index in [1.165, 1.54) is 12.1 Å². The van der Waals surface area contributed by atoms with Crippen LogP contribution in [-0.4, -0.2) is 31.7 Å². The fourth-order valence-electron chi connectivity index (χ4n) is 2.21. The lowest BCUT2D eigenvalue weighted by atomic mass is 10.2. The normalized spacial score (nSPS) is 22.5. The third-order valence-corrected chi connectivity index (χ3v) is 4.70. The summed E-state index contributed by atoms with van der Waals surface area (Å²) in [5.74, 6) is 0. The standard InChI is InChI=1S/C13H18N2O4S/c1-9-5-7-10(8-6-9)20(18,19)15-13(17)14-11-3-2-4-12(11)16/h5-8,11-12,16H,2-4H2,1H3,(H2,14,15,17). The van der Waals surface area contributed by atoms with Gasteiger partial charge in [0, 0.05) is 0 Å². The van der Waals surface area contributed by atoms with Gasteiger partial charge in [0.25, 0.3) is 10.0 Å². The number of sulfonamides is 1. The molecule has 0 aromatic heterocycles. The van der Waals surface area contributed by atoms with E-state index in [2.05, 4.69) is 5.32 Å². The first-order chi connectivity index (χ1) is 9.38. The van der Waals surface area contributed by atoms with Crippen LogP contribution in [-0.2, 0) is 10.0 Å². The van der Waals surface area contributed by atoms with Gasteiger partial charge in [0.15, 0.2) is 0 Å². The first kappa shape index (κ1) is 14.8. The average Bonchev–Trinajstić information content (AvgIpc) is 2.74. The molecule has 1 aliphatic carbocycles. The molecule has 0 heterocycles. The number of nitrogens with one attached hydrogen (secondary N) is 2. The van der Waals surface area contributed by atoms with E-state index in [1.807, 2.05) is 11.6 Å². The molecule has 3 N–H and O–H groups in total. The Morgan fingerprint density at radius 3 is 2.45 bits per heavy atom. The number of amides is 2. The number of aryl methyl sites for hydroxylation is 1. The highest BCUT2D eigenvalue weighted by Gasteiger charge is 2.28. The fraction of sp³-hybridized carbons (Fsp3) is 0.462. The summed E-state index contributed by atoms with van der Waals surface area (Å²) in [7, 11) is -3.88. The maximum absolute atomic E-state index is 12.0. The molecule has 0 radical (unpaired) electrons. The van der Waals surface area contributed by atoms with Crippen LogP contribution < -0.4 is 10.0 Å². The molecule has 20 heavy (non-hydrogen) atoms. The van der Waals surface area contributed by atoms with Crippen LogP contribution in [0.15, 0.2) is 29.2 Å². The Bertz CT molecular complexity index is 583. The number of aliphatic hydroxyl groups excluding tert-OH is 1. The van der Waals surface area contributed by atoms with Crippen LogP contribution in [0.25, 0.3) is 0 Å². The van der Waals surface area contributed by atoms with E-state index in [0.717, 1.165) is 12.0 Å². The van der Waals surface area contributed by atoms with Gasteiger partial charge in [0.05, 0.1) is 17.0 Å². The highest BCUT2D eigenvalue weighted by atomic mass is 32.2. The number of urea groups is 1. The Morgan fingerprint density at radius 1 is 1.25 bits per heavy atom. The van der Waals surface area contributed by atoms with E-state index in [4.69, 9.17) is 0 Å². The van der Waals surface area contributed by atoms with Gasteiger partial charge < -0.3 is 10.4 Å². The van der Waals surface area contributed by atoms with Gasteiger partial charge in [-0.25, -0.2) is 17.9 Å². The molecule has 1 fully saturated rings. The highest BCUT2D eigenvalue weighted by Crippen LogP contribution is 2.18. The summed E-state index contributed by atoms with van der Waals surface area (Å²) >= 11 is 0. The Kier molecular flexibility index (Phi) is 4.29. The lowest BCUT2D eigenvalue weighted by molar-refractivity contribution is 0.150. The minimum Gasteiger partial charge on any atom is -0.391 e. The number of rotatable bonds is 3. The molecule has 0 bridgehead atoms. The van der Waals surface area contributed by atoms with Gasteiger partial charge in [0.1, 0.15) is 0 Å². The maximum Gasteiger partial charge on any atom is 0.329 e. The molecule has 0 spiro atoms. The van der Waals surface area contributed by atoms with Crippen molar-refractivity contribution in [2.24, 2.45) is 0 Å². The van der Waals surface area contributed by atoms with Gasteiger partial charge in [-0.05, 0) is 38.3 Å². The Hall–Kier alpha value is -1.60. The van der Waals surface area contributed by atoms with Crippen molar-refractivity contribution in [2.75, 3.05) is 0 Å². The van der Waals surface area contributed by atoms with Crippen LogP contribution in [0.5, 0.6) is 0 Å². The molecule has 1 aromatic carbocycles. The van der Waals surface area contributed by atoms with Crippen molar-refractivity contribution in [3.8, 4) is 0 Å². The summed E-state index contributed by atoms with van der Waals surface area (Å²) in [6.07, 6.45) is 1.48. The van der Waals surface area contributed by atoms with Gasteiger partial charge in [-0.1, -0.05) is 17.7 Å². The van der Waals surface area contributed by atoms with Crippen LogP contribution >= 0.6 is 0 Å². The first-order valence-electron chi connectivity index (χ1n) is 6.46.